The molecule has 0 bridgehead atoms. The van der Waals surface area contributed by atoms with E-state index in [4.69, 9.17) is 15.3 Å². The van der Waals surface area contributed by atoms with E-state index in [1.165, 1.54) is 26.5 Å². The van der Waals surface area contributed by atoms with Crippen LogP contribution in [0.15, 0.2) is 144 Å². The van der Waals surface area contributed by atoms with E-state index in [-0.39, 0.29) is 12.5 Å². The molecule has 0 saturated heterocycles. The fourth-order valence-electron chi connectivity index (χ4n) is 4.06. The van der Waals surface area contributed by atoms with Gasteiger partial charge in [-0.05, 0) is 17.5 Å². The summed E-state index contributed by atoms with van der Waals surface area (Å²) in [6.07, 6.45) is 3.00. The number of benzene rings is 4. The second kappa shape index (κ2) is 21.6. The number of allylic oxidation sites excluding steroid dienone is 1. The molecule has 0 N–H and O–H groups in total. The number of methoxy groups -OCH3 is 2. The number of hydrogen-bond acceptors (Lipinski definition) is 8. The highest BCUT2D eigenvalue weighted by molar-refractivity contribution is 6.23. The largest absolute Gasteiger partial charge is 0.467 e. The van der Waals surface area contributed by atoms with E-state index in [1.807, 2.05) is 121 Å². The lowest BCUT2D eigenvalue weighted by molar-refractivity contribution is -0.142. The van der Waals surface area contributed by atoms with Gasteiger partial charge in [0.25, 0.3) is 0 Å². The van der Waals surface area contributed by atoms with Crippen molar-refractivity contribution in [3.05, 3.63) is 156 Å². The average molecular weight is 613 g/mol. The normalized spacial score (nSPS) is 10.4. The predicted octanol–water partition coefficient (Wildman–Crippen LogP) is 7.09. The fourth-order valence-corrected chi connectivity index (χ4v) is 4.06. The molecule has 0 aliphatic heterocycles. The van der Waals surface area contributed by atoms with E-state index in [1.54, 1.807) is 6.07 Å². The van der Waals surface area contributed by atoms with E-state index in [0.29, 0.717) is 6.42 Å². The van der Waals surface area contributed by atoms with E-state index < -0.39 is 18.0 Å². The Labute approximate surface area is 270 Å². The minimum absolute atomic E-state index is 0.193. The number of aliphatic imine (C=N–C) groups is 2. The van der Waals surface area contributed by atoms with Crippen molar-refractivity contribution in [3.63, 3.8) is 0 Å². The van der Waals surface area contributed by atoms with Crippen LogP contribution in [0, 0.1) is 22.7 Å². The number of esters is 2. The standard InChI is InChI=1S/C19H18N2O2.C16H15NO2.C3H3N/c1-23-19(22)17(13-8-14-20)21-18(15-9-4-2-5-10-15)16-11-6-3-7-12-16;1-19-15(18)12-17-16(13-8-4-2-5-9-13)14-10-6-3-7-11-14;1-2-3-4/h2-7,9-12,17H,8,13H2,1H3;2-12,16H,1H3;2H,1H2. The maximum Gasteiger partial charge on any atom is 0.348 e. The first-order chi connectivity index (χ1) is 22.5. The second-order valence-electron chi connectivity index (χ2n) is 9.30. The van der Waals surface area contributed by atoms with Crippen LogP contribution in [0.3, 0.4) is 0 Å². The molecule has 4 aromatic rings. The number of carbonyl (C=O) groups is 2. The van der Waals surface area contributed by atoms with Crippen LogP contribution in [0.25, 0.3) is 0 Å². The number of rotatable bonds is 10. The van der Waals surface area contributed by atoms with Gasteiger partial charge in [-0.3, -0.25) is 9.98 Å². The maximum atomic E-state index is 12.0. The van der Waals surface area contributed by atoms with Crippen molar-refractivity contribution in [1.82, 2.24) is 0 Å². The van der Waals surface area contributed by atoms with Gasteiger partial charge in [0, 0.05) is 23.6 Å². The Kier molecular flexibility index (Phi) is 16.9. The average Bonchev–Trinajstić information content (AvgIpc) is 3.13. The molecule has 0 fully saturated rings. The van der Waals surface area contributed by atoms with Gasteiger partial charge >= 0.3 is 11.9 Å². The second-order valence-corrected chi connectivity index (χ2v) is 9.30. The molecule has 0 aliphatic rings. The highest BCUT2D eigenvalue weighted by Crippen LogP contribution is 2.25. The zero-order valence-corrected chi connectivity index (χ0v) is 25.9. The monoisotopic (exact) mass is 612 g/mol. The van der Waals surface area contributed by atoms with Crippen molar-refractivity contribution in [2.75, 3.05) is 14.2 Å². The summed E-state index contributed by atoms with van der Waals surface area (Å²) in [5, 5.41) is 16.3. The molecule has 0 heterocycles. The highest BCUT2D eigenvalue weighted by atomic mass is 16.5. The topological polar surface area (TPSA) is 125 Å². The first kappa shape index (κ1) is 36.1. The van der Waals surface area contributed by atoms with Crippen molar-refractivity contribution >= 4 is 23.9 Å². The number of nitriles is 2. The molecule has 0 amide bonds. The fraction of sp³-hybridized carbons (Fsp3) is 0.158. The van der Waals surface area contributed by atoms with Crippen LogP contribution in [0.4, 0.5) is 0 Å². The minimum Gasteiger partial charge on any atom is -0.467 e. The molecule has 0 aromatic heterocycles. The third kappa shape index (κ3) is 12.6. The number of nitrogens with zero attached hydrogens (tertiary/aromatic N) is 4. The Morgan fingerprint density at radius 1 is 0.761 bits per heavy atom. The van der Waals surface area contributed by atoms with Gasteiger partial charge < -0.3 is 9.47 Å². The third-order valence-corrected chi connectivity index (χ3v) is 6.23. The summed E-state index contributed by atoms with van der Waals surface area (Å²) in [6, 6.07) is 41.9. The molecular weight excluding hydrogens is 576 g/mol. The van der Waals surface area contributed by atoms with Gasteiger partial charge in [-0.1, -0.05) is 128 Å². The molecule has 232 valence electrons. The zero-order valence-electron chi connectivity index (χ0n) is 25.9. The van der Waals surface area contributed by atoms with Crippen molar-refractivity contribution in [3.8, 4) is 12.1 Å². The molecular formula is C38H36N4O4. The Morgan fingerprint density at radius 3 is 1.57 bits per heavy atom. The molecule has 0 aliphatic carbocycles. The Morgan fingerprint density at radius 2 is 1.20 bits per heavy atom. The summed E-state index contributed by atoms with van der Waals surface area (Å²) in [6.45, 7) is 3.12. The summed E-state index contributed by atoms with van der Waals surface area (Å²) in [7, 11) is 2.68. The molecule has 46 heavy (non-hydrogen) atoms. The molecule has 0 saturated carbocycles. The van der Waals surface area contributed by atoms with Crippen molar-refractivity contribution < 1.29 is 19.1 Å². The lowest BCUT2D eigenvalue weighted by Crippen LogP contribution is -2.22. The van der Waals surface area contributed by atoms with Crippen LogP contribution in [0.1, 0.15) is 41.1 Å². The van der Waals surface area contributed by atoms with E-state index in [0.717, 1.165) is 28.0 Å². The van der Waals surface area contributed by atoms with Crippen LogP contribution in [0.2, 0.25) is 0 Å². The molecule has 4 rings (SSSR count). The van der Waals surface area contributed by atoms with Crippen molar-refractivity contribution in [2.24, 2.45) is 9.98 Å². The Balaban J connectivity index is 0.000000291. The van der Waals surface area contributed by atoms with E-state index in [2.05, 4.69) is 27.4 Å². The molecule has 1 unspecified atom stereocenters. The Hall–Kier alpha value is -6.12. The SMILES string of the molecule is C=CC#N.COC(=O)C(CCC#N)N=C(c1ccccc1)c1ccccc1.COC(=O)C=NC(c1ccccc1)c1ccccc1. The molecule has 8 nitrogen and oxygen atoms in total. The van der Waals surface area contributed by atoms with Gasteiger partial charge in [-0.15, -0.1) is 0 Å². The first-order valence-electron chi connectivity index (χ1n) is 14.3. The van der Waals surface area contributed by atoms with Gasteiger partial charge in [0.2, 0.25) is 0 Å². The molecule has 4 aromatic carbocycles. The van der Waals surface area contributed by atoms with E-state index in [9.17, 15) is 9.59 Å². The van der Waals surface area contributed by atoms with Gasteiger partial charge in [0.1, 0.15) is 18.3 Å². The smallest absolute Gasteiger partial charge is 0.348 e. The summed E-state index contributed by atoms with van der Waals surface area (Å²) in [5.74, 6) is -0.874. The van der Waals surface area contributed by atoms with Crippen LogP contribution in [-0.4, -0.2) is 44.1 Å². The lowest BCUT2D eigenvalue weighted by atomic mass is 9.99. The van der Waals surface area contributed by atoms with Crippen LogP contribution in [-0.2, 0) is 19.1 Å². The van der Waals surface area contributed by atoms with Gasteiger partial charge in [0.05, 0.1) is 32.1 Å². The van der Waals surface area contributed by atoms with Crippen LogP contribution < -0.4 is 0 Å². The van der Waals surface area contributed by atoms with Crippen LogP contribution in [0.5, 0.6) is 0 Å². The predicted molar refractivity (Wildman–Crippen MR) is 180 cm³/mol. The zero-order chi connectivity index (χ0) is 33.4. The summed E-state index contributed by atoms with van der Waals surface area (Å²) >= 11 is 0. The number of hydrogen-bond donors (Lipinski definition) is 0. The van der Waals surface area contributed by atoms with Gasteiger partial charge in [0.15, 0.2) is 0 Å². The molecule has 8 heteroatoms. The van der Waals surface area contributed by atoms with Crippen molar-refractivity contribution in [2.45, 2.75) is 24.9 Å². The molecule has 0 spiro atoms. The Bertz CT molecular complexity index is 1550. The molecule has 0 radical (unpaired) electrons. The third-order valence-electron chi connectivity index (χ3n) is 6.23. The van der Waals surface area contributed by atoms with Gasteiger partial charge in [-0.2, -0.15) is 10.5 Å². The first-order valence-corrected chi connectivity index (χ1v) is 14.3. The van der Waals surface area contributed by atoms with E-state index >= 15 is 0 Å². The van der Waals surface area contributed by atoms with Gasteiger partial charge in [-0.25, -0.2) is 9.59 Å². The van der Waals surface area contributed by atoms with Crippen molar-refractivity contribution in [1.29, 1.82) is 10.5 Å². The quantitative estimate of drug-likeness (QED) is 0.107. The minimum atomic E-state index is -0.685. The number of ether oxygens (including phenoxy) is 2. The highest BCUT2D eigenvalue weighted by Gasteiger charge is 2.20. The molecule has 1 atom stereocenters. The number of carbonyl (C=O) groups excluding carboxylic acids is 2. The lowest BCUT2D eigenvalue weighted by Gasteiger charge is -2.13. The summed E-state index contributed by atoms with van der Waals surface area (Å²) in [4.78, 5) is 32.1. The summed E-state index contributed by atoms with van der Waals surface area (Å²) < 4.78 is 9.41. The van der Waals surface area contributed by atoms with Crippen LogP contribution >= 0.6 is 0 Å². The maximum absolute atomic E-state index is 12.0. The summed E-state index contributed by atoms with van der Waals surface area (Å²) in [5.41, 5.74) is 4.64.